The zero-order chi connectivity index (χ0) is 23.6. The molecule has 0 amide bonds. The number of hydrogen-bond acceptors (Lipinski definition) is 5. The molecular formula is C23H41N3O5. The van der Waals surface area contributed by atoms with E-state index in [1.807, 2.05) is 13.8 Å². The van der Waals surface area contributed by atoms with E-state index in [2.05, 4.69) is 20.4 Å². The van der Waals surface area contributed by atoms with Crippen molar-refractivity contribution in [2.24, 2.45) is 11.8 Å². The van der Waals surface area contributed by atoms with Crippen LogP contribution in [0.2, 0.25) is 0 Å². The van der Waals surface area contributed by atoms with Crippen molar-refractivity contribution in [3.05, 3.63) is 44.1 Å². The Labute approximate surface area is 184 Å². The Morgan fingerprint density at radius 1 is 0.806 bits per heavy atom. The second-order valence-electron chi connectivity index (χ2n) is 8.89. The standard InChI is InChI=1S/C23H41N3O5/c1-6-9-11-18(5)14-20(28)16-26-22(30)24(12-8-3)21(29)25(23(26)31)15-19(27)13-17(4)10-7-2/h8,17-20,27-28H,3,6-7,9-16H2,1-2,4-5H3. The third-order valence-corrected chi connectivity index (χ3v) is 5.66. The quantitative estimate of drug-likeness (QED) is 0.407. The summed E-state index contributed by atoms with van der Waals surface area (Å²) >= 11 is 0. The molecule has 0 saturated heterocycles. The number of unbranched alkanes of at least 4 members (excludes halogenated alkanes) is 1. The van der Waals surface area contributed by atoms with Gasteiger partial charge < -0.3 is 10.2 Å². The van der Waals surface area contributed by atoms with Crippen LogP contribution < -0.4 is 17.1 Å². The van der Waals surface area contributed by atoms with E-state index in [1.54, 1.807) is 0 Å². The summed E-state index contributed by atoms with van der Waals surface area (Å²) < 4.78 is 2.73. The maximum absolute atomic E-state index is 13.0. The second-order valence-corrected chi connectivity index (χ2v) is 8.89. The second kappa shape index (κ2) is 13.5. The van der Waals surface area contributed by atoms with Crippen molar-refractivity contribution in [1.82, 2.24) is 13.7 Å². The third-order valence-electron chi connectivity index (χ3n) is 5.66. The molecule has 4 atom stereocenters. The number of hydrogen-bond donors (Lipinski definition) is 2. The lowest BCUT2D eigenvalue weighted by Gasteiger charge is -2.20. The third kappa shape index (κ3) is 8.26. The molecule has 0 aromatic carbocycles. The molecule has 0 aliphatic carbocycles. The van der Waals surface area contributed by atoms with Crippen LogP contribution in [0.1, 0.15) is 72.6 Å². The summed E-state index contributed by atoms with van der Waals surface area (Å²) in [7, 11) is 0. The molecule has 8 heteroatoms. The van der Waals surface area contributed by atoms with E-state index in [9.17, 15) is 24.6 Å². The molecule has 0 radical (unpaired) electrons. The van der Waals surface area contributed by atoms with Gasteiger partial charge in [-0.05, 0) is 24.7 Å². The molecule has 8 nitrogen and oxygen atoms in total. The number of allylic oxidation sites excluding steroid dienone is 1. The Bertz CT molecular complexity index is 854. The monoisotopic (exact) mass is 439 g/mol. The van der Waals surface area contributed by atoms with Gasteiger partial charge >= 0.3 is 17.1 Å². The largest absolute Gasteiger partial charge is 0.391 e. The van der Waals surface area contributed by atoms with Gasteiger partial charge in [0.05, 0.1) is 31.8 Å². The van der Waals surface area contributed by atoms with E-state index in [0.29, 0.717) is 12.8 Å². The molecule has 1 aromatic heterocycles. The minimum Gasteiger partial charge on any atom is -0.391 e. The van der Waals surface area contributed by atoms with Gasteiger partial charge in [0, 0.05) is 0 Å². The SMILES string of the molecule is C=CCn1c(=O)n(CC(O)CC(C)CCC)c(=O)n(CC(O)CC(C)CCCC)c1=O. The number of aromatic nitrogens is 3. The van der Waals surface area contributed by atoms with Crippen LogP contribution in [0, 0.1) is 11.8 Å². The summed E-state index contributed by atoms with van der Waals surface area (Å²) in [6, 6.07) is 0. The van der Waals surface area contributed by atoms with Gasteiger partial charge in [-0.15, -0.1) is 6.58 Å². The predicted octanol–water partition coefficient (Wildman–Crippen LogP) is 2.12. The summed E-state index contributed by atoms with van der Waals surface area (Å²) in [5.41, 5.74) is -2.32. The van der Waals surface area contributed by atoms with E-state index >= 15 is 0 Å². The van der Waals surface area contributed by atoms with Crippen molar-refractivity contribution in [2.45, 2.75) is 104 Å². The zero-order valence-corrected chi connectivity index (χ0v) is 19.6. The highest BCUT2D eigenvalue weighted by Gasteiger charge is 2.21. The van der Waals surface area contributed by atoms with Crippen LogP contribution in [-0.4, -0.2) is 36.1 Å². The van der Waals surface area contributed by atoms with E-state index < -0.39 is 29.3 Å². The molecule has 0 spiro atoms. The molecule has 0 aliphatic heterocycles. The van der Waals surface area contributed by atoms with Gasteiger partial charge in [0.25, 0.3) is 0 Å². The Morgan fingerprint density at radius 3 is 1.68 bits per heavy atom. The highest BCUT2D eigenvalue weighted by atomic mass is 16.3. The smallest absolute Gasteiger partial charge is 0.336 e. The number of aliphatic hydroxyl groups is 2. The van der Waals surface area contributed by atoms with Gasteiger partial charge in [-0.25, -0.2) is 28.1 Å². The van der Waals surface area contributed by atoms with Crippen LogP contribution >= 0.6 is 0 Å². The highest BCUT2D eigenvalue weighted by molar-refractivity contribution is 4.84. The molecule has 1 aromatic rings. The van der Waals surface area contributed by atoms with Gasteiger partial charge in [0.1, 0.15) is 0 Å². The van der Waals surface area contributed by atoms with E-state index in [1.165, 1.54) is 6.08 Å². The van der Waals surface area contributed by atoms with Crippen LogP contribution in [-0.2, 0) is 19.6 Å². The summed E-state index contributed by atoms with van der Waals surface area (Å²) in [5.74, 6) is 0.511. The maximum Gasteiger partial charge on any atom is 0.336 e. The minimum atomic E-state index is -0.880. The maximum atomic E-state index is 13.0. The van der Waals surface area contributed by atoms with Crippen molar-refractivity contribution in [3.63, 3.8) is 0 Å². The van der Waals surface area contributed by atoms with Gasteiger partial charge in [-0.1, -0.05) is 65.9 Å². The highest BCUT2D eigenvalue weighted by Crippen LogP contribution is 2.15. The molecule has 1 heterocycles. The van der Waals surface area contributed by atoms with E-state index in [0.717, 1.165) is 45.8 Å². The number of rotatable bonds is 15. The summed E-state index contributed by atoms with van der Waals surface area (Å²) in [6.07, 6.45) is 5.57. The molecule has 0 fully saturated rings. The summed E-state index contributed by atoms with van der Waals surface area (Å²) in [5, 5.41) is 20.9. The van der Waals surface area contributed by atoms with Crippen LogP contribution in [0.3, 0.4) is 0 Å². The normalized spacial score (nSPS) is 15.4. The van der Waals surface area contributed by atoms with Crippen LogP contribution in [0.5, 0.6) is 0 Å². The number of nitrogens with zero attached hydrogens (tertiary/aromatic N) is 3. The average molecular weight is 440 g/mol. The van der Waals surface area contributed by atoms with Gasteiger partial charge in [-0.2, -0.15) is 0 Å². The van der Waals surface area contributed by atoms with Gasteiger partial charge in [0.2, 0.25) is 0 Å². The molecule has 31 heavy (non-hydrogen) atoms. The van der Waals surface area contributed by atoms with Crippen LogP contribution in [0.15, 0.2) is 27.0 Å². The Hall–Kier alpha value is -1.93. The molecular weight excluding hydrogens is 398 g/mol. The molecule has 4 unspecified atom stereocenters. The van der Waals surface area contributed by atoms with Gasteiger partial charge in [-0.3, -0.25) is 0 Å². The van der Waals surface area contributed by atoms with Crippen molar-refractivity contribution in [2.75, 3.05) is 0 Å². The first kappa shape index (κ1) is 27.1. The molecule has 2 N–H and O–H groups in total. The fourth-order valence-electron chi connectivity index (χ4n) is 4.06. The van der Waals surface area contributed by atoms with Gasteiger partial charge in [0.15, 0.2) is 0 Å². The van der Waals surface area contributed by atoms with E-state index in [4.69, 9.17) is 0 Å². The lowest BCUT2D eigenvalue weighted by atomic mass is 9.97. The Balaban J connectivity index is 3.21. The Kier molecular flexibility index (Phi) is 11.8. The molecule has 1 rings (SSSR count). The van der Waals surface area contributed by atoms with Crippen molar-refractivity contribution >= 4 is 0 Å². The van der Waals surface area contributed by atoms with Crippen LogP contribution in [0.25, 0.3) is 0 Å². The van der Waals surface area contributed by atoms with Crippen molar-refractivity contribution in [1.29, 1.82) is 0 Å². The number of aliphatic hydroxyl groups excluding tert-OH is 2. The lowest BCUT2D eigenvalue weighted by molar-refractivity contribution is 0.111. The fourth-order valence-corrected chi connectivity index (χ4v) is 4.06. The van der Waals surface area contributed by atoms with Crippen molar-refractivity contribution < 1.29 is 10.2 Å². The lowest BCUT2D eigenvalue weighted by Crippen LogP contribution is -2.56. The zero-order valence-electron chi connectivity index (χ0n) is 19.6. The summed E-state index contributed by atoms with van der Waals surface area (Å²) in [6.45, 7) is 11.4. The fraction of sp³-hybridized carbons (Fsp3) is 0.783. The first-order valence-electron chi connectivity index (χ1n) is 11.6. The summed E-state index contributed by atoms with van der Waals surface area (Å²) in [4.78, 5) is 38.5. The van der Waals surface area contributed by atoms with E-state index in [-0.39, 0.29) is 31.5 Å². The first-order valence-corrected chi connectivity index (χ1v) is 11.6. The van der Waals surface area contributed by atoms with Crippen molar-refractivity contribution in [3.8, 4) is 0 Å². The minimum absolute atomic E-state index is 0.0523. The predicted molar refractivity (Wildman–Crippen MR) is 123 cm³/mol. The first-order chi connectivity index (χ1) is 14.7. The topological polar surface area (TPSA) is 106 Å². The van der Waals surface area contributed by atoms with Crippen LogP contribution in [0.4, 0.5) is 0 Å². The average Bonchev–Trinajstić information content (AvgIpc) is 2.70. The molecule has 0 bridgehead atoms. The molecule has 178 valence electrons. The molecule has 0 aliphatic rings. The molecule has 0 saturated carbocycles. The Morgan fingerprint density at radius 2 is 1.26 bits per heavy atom.